The normalized spacial score (nSPS) is 14.9. The van der Waals surface area contributed by atoms with E-state index in [1.165, 1.54) is 42.3 Å². The first-order valence-electron chi connectivity index (χ1n) is 11.0. The Labute approximate surface area is 206 Å². The summed E-state index contributed by atoms with van der Waals surface area (Å²) < 4.78 is 15.2. The summed E-state index contributed by atoms with van der Waals surface area (Å²) in [5.41, 5.74) is 0.371. The first-order valence-corrected chi connectivity index (χ1v) is 11.0. The number of nitrogens with zero attached hydrogens (tertiary/aromatic N) is 2. The van der Waals surface area contributed by atoms with E-state index in [4.69, 9.17) is 14.2 Å². The van der Waals surface area contributed by atoms with Gasteiger partial charge >= 0.3 is 11.9 Å². The lowest BCUT2D eigenvalue weighted by atomic mass is 10.1. The highest BCUT2D eigenvalue weighted by Gasteiger charge is 2.36. The van der Waals surface area contributed by atoms with Crippen LogP contribution in [0.5, 0.6) is 5.75 Å². The van der Waals surface area contributed by atoms with Gasteiger partial charge in [0.05, 0.1) is 29.6 Å². The fourth-order valence-corrected chi connectivity index (χ4v) is 3.52. The number of anilines is 2. The first kappa shape index (κ1) is 26.1. The summed E-state index contributed by atoms with van der Waals surface area (Å²) in [5.74, 6) is -2.85. The molecule has 0 radical (unpaired) electrons. The van der Waals surface area contributed by atoms with Gasteiger partial charge in [-0.1, -0.05) is 0 Å². The van der Waals surface area contributed by atoms with Crippen LogP contribution < -0.4 is 15.0 Å². The molecule has 1 aliphatic rings. The molecule has 0 aliphatic carbocycles. The SMILES string of the molecule is COc1ccc([N+](=O)[O-])c(NC(=O)COC(=O)[C@@H]2CC(=O)N(c3ccc(C(=O)OC(C)C)cc3)C2)c1. The molecule has 1 saturated heterocycles. The van der Waals surface area contributed by atoms with Crippen LogP contribution in [0.15, 0.2) is 42.5 Å². The van der Waals surface area contributed by atoms with E-state index in [-0.39, 0.29) is 36.4 Å². The van der Waals surface area contributed by atoms with E-state index in [9.17, 15) is 29.3 Å². The predicted molar refractivity (Wildman–Crippen MR) is 127 cm³/mol. The summed E-state index contributed by atoms with van der Waals surface area (Å²) in [6.07, 6.45) is -0.379. The van der Waals surface area contributed by atoms with E-state index >= 15 is 0 Å². The quantitative estimate of drug-likeness (QED) is 0.311. The van der Waals surface area contributed by atoms with E-state index in [2.05, 4.69) is 5.32 Å². The lowest BCUT2D eigenvalue weighted by Crippen LogP contribution is -2.28. The molecule has 12 heteroatoms. The van der Waals surface area contributed by atoms with Crippen molar-refractivity contribution < 1.29 is 38.3 Å². The topological polar surface area (TPSA) is 154 Å². The zero-order valence-corrected chi connectivity index (χ0v) is 19.9. The number of ether oxygens (including phenoxy) is 3. The molecule has 1 heterocycles. The van der Waals surface area contributed by atoms with Crippen LogP contribution in [-0.2, 0) is 23.9 Å². The molecule has 0 saturated carbocycles. The summed E-state index contributed by atoms with van der Waals surface area (Å²) >= 11 is 0. The Hall–Kier alpha value is -4.48. The third kappa shape index (κ3) is 6.34. The van der Waals surface area contributed by atoms with Crippen LogP contribution in [0, 0.1) is 16.0 Å². The molecule has 0 aromatic heterocycles. The van der Waals surface area contributed by atoms with Gasteiger partial charge in [0.2, 0.25) is 5.91 Å². The molecule has 2 aromatic carbocycles. The van der Waals surface area contributed by atoms with Gasteiger partial charge in [0.25, 0.3) is 11.6 Å². The number of nitro groups is 1. The van der Waals surface area contributed by atoms with Crippen molar-refractivity contribution >= 4 is 40.8 Å². The second-order valence-corrected chi connectivity index (χ2v) is 8.20. The summed E-state index contributed by atoms with van der Waals surface area (Å²) in [7, 11) is 1.37. The zero-order chi connectivity index (χ0) is 26.4. The highest BCUT2D eigenvalue weighted by Crippen LogP contribution is 2.29. The van der Waals surface area contributed by atoms with Gasteiger partial charge in [-0.05, 0) is 44.2 Å². The molecule has 1 N–H and O–H groups in total. The van der Waals surface area contributed by atoms with Gasteiger partial charge in [0, 0.05) is 30.8 Å². The number of carbonyl (C=O) groups is 4. The number of nitro benzene ring substituents is 1. The minimum atomic E-state index is -0.804. The van der Waals surface area contributed by atoms with Gasteiger partial charge in [-0.2, -0.15) is 0 Å². The summed E-state index contributed by atoms with van der Waals surface area (Å²) in [5, 5.41) is 13.5. The van der Waals surface area contributed by atoms with Crippen LogP contribution in [0.1, 0.15) is 30.6 Å². The number of hydrogen-bond acceptors (Lipinski definition) is 9. The molecule has 36 heavy (non-hydrogen) atoms. The molecule has 1 aliphatic heterocycles. The Bertz CT molecular complexity index is 1180. The van der Waals surface area contributed by atoms with Crippen molar-refractivity contribution in [1.82, 2.24) is 0 Å². The van der Waals surface area contributed by atoms with Crippen LogP contribution in [0.3, 0.4) is 0 Å². The molecular weight excluding hydrogens is 474 g/mol. The highest BCUT2D eigenvalue weighted by molar-refractivity contribution is 6.00. The molecule has 12 nitrogen and oxygen atoms in total. The smallest absolute Gasteiger partial charge is 0.338 e. The molecular formula is C24H25N3O9. The number of amides is 2. The molecule has 1 atom stereocenters. The fourth-order valence-electron chi connectivity index (χ4n) is 3.52. The van der Waals surface area contributed by atoms with Gasteiger partial charge in [0.15, 0.2) is 6.61 Å². The van der Waals surface area contributed by atoms with Gasteiger partial charge in [-0.3, -0.25) is 24.5 Å². The number of hydrogen-bond donors (Lipinski definition) is 1. The second-order valence-electron chi connectivity index (χ2n) is 8.20. The zero-order valence-electron chi connectivity index (χ0n) is 19.9. The van der Waals surface area contributed by atoms with Crippen molar-refractivity contribution in [1.29, 1.82) is 0 Å². The third-order valence-electron chi connectivity index (χ3n) is 5.24. The number of methoxy groups -OCH3 is 1. The van der Waals surface area contributed by atoms with Crippen molar-refractivity contribution in [3.63, 3.8) is 0 Å². The average molecular weight is 499 g/mol. The Morgan fingerprint density at radius 2 is 1.86 bits per heavy atom. The molecule has 1 fully saturated rings. The maximum absolute atomic E-state index is 12.5. The second kappa shape index (κ2) is 11.3. The number of benzene rings is 2. The van der Waals surface area contributed by atoms with Crippen molar-refractivity contribution in [3.8, 4) is 5.75 Å². The van der Waals surface area contributed by atoms with E-state index in [0.29, 0.717) is 17.0 Å². The largest absolute Gasteiger partial charge is 0.497 e. The Morgan fingerprint density at radius 1 is 1.17 bits per heavy atom. The lowest BCUT2D eigenvalue weighted by Gasteiger charge is -2.17. The summed E-state index contributed by atoms with van der Waals surface area (Å²) in [4.78, 5) is 61.1. The summed E-state index contributed by atoms with van der Waals surface area (Å²) in [6, 6.07) is 10.1. The van der Waals surface area contributed by atoms with Crippen molar-refractivity contribution in [2.24, 2.45) is 5.92 Å². The number of rotatable bonds is 9. The first-order chi connectivity index (χ1) is 17.1. The molecule has 2 aromatic rings. The van der Waals surface area contributed by atoms with Crippen LogP contribution in [0.2, 0.25) is 0 Å². The lowest BCUT2D eigenvalue weighted by molar-refractivity contribution is -0.383. The van der Waals surface area contributed by atoms with Crippen molar-refractivity contribution in [2.45, 2.75) is 26.4 Å². The fraction of sp³-hybridized carbons (Fsp3) is 0.333. The maximum Gasteiger partial charge on any atom is 0.338 e. The Morgan fingerprint density at radius 3 is 2.47 bits per heavy atom. The van der Waals surface area contributed by atoms with Gasteiger partial charge in [0.1, 0.15) is 11.4 Å². The average Bonchev–Trinajstić information content (AvgIpc) is 3.23. The van der Waals surface area contributed by atoms with Crippen LogP contribution in [0.4, 0.5) is 17.1 Å². The molecule has 2 amide bonds. The number of esters is 2. The van der Waals surface area contributed by atoms with Gasteiger partial charge in [-0.15, -0.1) is 0 Å². The van der Waals surface area contributed by atoms with E-state index in [0.717, 1.165) is 0 Å². The maximum atomic E-state index is 12.5. The van der Waals surface area contributed by atoms with Gasteiger partial charge in [-0.25, -0.2) is 4.79 Å². The van der Waals surface area contributed by atoms with Crippen molar-refractivity contribution in [2.75, 3.05) is 30.5 Å². The number of carbonyl (C=O) groups excluding carboxylic acids is 4. The Kier molecular flexibility index (Phi) is 8.20. The van der Waals surface area contributed by atoms with Crippen LogP contribution in [0.25, 0.3) is 0 Å². The van der Waals surface area contributed by atoms with E-state index in [1.54, 1.807) is 26.0 Å². The Balaban J connectivity index is 1.56. The molecule has 0 spiro atoms. The minimum absolute atomic E-state index is 0.0381. The minimum Gasteiger partial charge on any atom is -0.497 e. The van der Waals surface area contributed by atoms with E-state index in [1.807, 2.05) is 0 Å². The third-order valence-corrected chi connectivity index (χ3v) is 5.24. The number of nitrogens with one attached hydrogen (secondary N) is 1. The monoisotopic (exact) mass is 499 g/mol. The molecule has 0 bridgehead atoms. The molecule has 0 unspecified atom stereocenters. The van der Waals surface area contributed by atoms with E-state index < -0.39 is 35.3 Å². The van der Waals surface area contributed by atoms with Crippen LogP contribution in [-0.4, -0.2) is 55.0 Å². The summed E-state index contributed by atoms with van der Waals surface area (Å²) in [6.45, 7) is 2.82. The van der Waals surface area contributed by atoms with Crippen LogP contribution >= 0.6 is 0 Å². The van der Waals surface area contributed by atoms with Crippen molar-refractivity contribution in [3.05, 3.63) is 58.1 Å². The van der Waals surface area contributed by atoms with Gasteiger partial charge < -0.3 is 24.4 Å². The predicted octanol–water partition coefficient (Wildman–Crippen LogP) is 2.70. The molecule has 3 rings (SSSR count). The highest BCUT2D eigenvalue weighted by atomic mass is 16.6. The molecule has 190 valence electrons. The standard InChI is InChI=1S/C24H25N3O9/c1-14(2)36-24(31)15-4-6-17(7-5-15)26-12-16(10-22(26)29)23(30)35-13-21(28)25-19-11-18(34-3)8-9-20(19)27(32)33/h4-9,11,14,16H,10,12-13H2,1-3H3,(H,25,28)/t16-/m1/s1.